The number of carbonyl (C=O) groups is 4. The number of aryl methyl sites for hydroxylation is 2. The fraction of sp³-hybridized carbons (Fsp3) is 0.143. The second kappa shape index (κ2) is 21.1. The van der Waals surface area contributed by atoms with Gasteiger partial charge in [0.1, 0.15) is 30.1 Å². The van der Waals surface area contributed by atoms with E-state index < -0.39 is 23.7 Å². The van der Waals surface area contributed by atoms with Gasteiger partial charge in [-0.2, -0.15) is 0 Å². The molecule has 18 heteroatoms. The Balaban J connectivity index is 0.000000542. The topological polar surface area (TPSA) is 273 Å². The summed E-state index contributed by atoms with van der Waals surface area (Å²) in [6.07, 6.45) is 16.9. The lowest BCUT2D eigenvalue weighted by Crippen LogP contribution is -2.21. The SMILES string of the molecule is CF.CNc1cc(CCCc2ccc(NC(=O)/C(N)=C/C=C(\N)n3ccnc3)c(C(=O)O)c2)c(F)cc1C(=O)O.N/C(C=O)=C\C=C(/N)n1ccnc1. The van der Waals surface area contributed by atoms with Crippen LogP contribution in [0.1, 0.15) is 38.3 Å². The van der Waals surface area contributed by atoms with Crippen LogP contribution >= 0.6 is 0 Å². The Bertz CT molecular complexity index is 1990. The molecule has 0 atom stereocenters. The molecule has 4 rings (SSSR count). The summed E-state index contributed by atoms with van der Waals surface area (Å²) in [4.78, 5) is 53.4. The molecule has 0 radical (unpaired) electrons. The summed E-state index contributed by atoms with van der Waals surface area (Å²) in [5, 5.41) is 24.1. The first-order chi connectivity index (χ1) is 25.3. The van der Waals surface area contributed by atoms with E-state index in [1.807, 2.05) is 0 Å². The maximum Gasteiger partial charge on any atom is 0.337 e. The summed E-state index contributed by atoms with van der Waals surface area (Å²) in [7, 11) is 2.05. The van der Waals surface area contributed by atoms with Crippen LogP contribution in [-0.2, 0) is 22.4 Å². The number of nitrogens with two attached hydrogens (primary N) is 4. The minimum absolute atomic E-state index is 0.0585. The Hall–Kier alpha value is -7.24. The number of carboxylic acids is 2. The van der Waals surface area contributed by atoms with Crippen LogP contribution < -0.4 is 33.6 Å². The zero-order valence-electron chi connectivity index (χ0n) is 28.7. The number of halogens is 2. The molecule has 1 amide bonds. The number of imidazole rings is 2. The highest BCUT2D eigenvalue weighted by atomic mass is 19.1. The first kappa shape index (κ1) is 41.9. The van der Waals surface area contributed by atoms with Crippen LogP contribution in [0.25, 0.3) is 11.6 Å². The molecule has 0 saturated heterocycles. The van der Waals surface area contributed by atoms with Crippen molar-refractivity contribution >= 4 is 47.1 Å². The van der Waals surface area contributed by atoms with Gasteiger partial charge in [-0.05, 0) is 79.0 Å². The lowest BCUT2D eigenvalue weighted by atomic mass is 9.99. The number of aromatic carboxylic acids is 2. The van der Waals surface area contributed by atoms with E-state index in [-0.39, 0.29) is 34.0 Å². The Labute approximate surface area is 302 Å². The number of amides is 1. The number of aldehydes is 1. The van der Waals surface area contributed by atoms with Gasteiger partial charge in [-0.1, -0.05) is 6.07 Å². The molecule has 2 aromatic carbocycles. The highest BCUT2D eigenvalue weighted by molar-refractivity contribution is 6.07. The summed E-state index contributed by atoms with van der Waals surface area (Å²) in [5.74, 6) is -3.10. The fourth-order valence-electron chi connectivity index (χ4n) is 4.37. The van der Waals surface area contributed by atoms with Gasteiger partial charge < -0.3 is 43.8 Å². The molecule has 0 aliphatic rings. The van der Waals surface area contributed by atoms with Crippen molar-refractivity contribution in [1.82, 2.24) is 19.1 Å². The van der Waals surface area contributed by atoms with E-state index in [0.29, 0.717) is 55.4 Å². The number of hydrogen-bond donors (Lipinski definition) is 8. The van der Waals surface area contributed by atoms with Crippen LogP contribution in [-0.4, -0.2) is 67.7 Å². The molecule has 0 unspecified atom stereocenters. The van der Waals surface area contributed by atoms with Gasteiger partial charge in [0, 0.05) is 37.5 Å². The van der Waals surface area contributed by atoms with Crippen molar-refractivity contribution in [2.24, 2.45) is 22.9 Å². The first-order valence-corrected chi connectivity index (χ1v) is 15.4. The standard InChI is InChI=1S/C26H27FN6O5.C8H10N4O.CH3F/c1-30-22-12-16(19(27)13-18(22)26(37)38)4-2-3-15-5-7-21(17(11-15)25(35)36)32-24(34)20(28)6-8-23(29)33-10-9-31-14-33;9-7(5-13)1-2-8(10)12-4-3-11-6-12;1-2/h5-14,30H,2-4,28-29H2,1H3,(H,32,34)(H,35,36)(H,37,38);1-6H,9-10H2;1H3/b20-6-,23-8+;7-1-,8-2+;. The Morgan fingerprint density at radius 2 is 1.38 bits per heavy atom. The molecule has 0 aliphatic heterocycles. The molecule has 12 N–H and O–H groups in total. The third-order valence-electron chi connectivity index (χ3n) is 7.04. The molecular formula is C35H40F2N10O6. The molecular weight excluding hydrogens is 694 g/mol. The highest BCUT2D eigenvalue weighted by Gasteiger charge is 2.16. The average molecular weight is 735 g/mol. The predicted octanol–water partition coefficient (Wildman–Crippen LogP) is 3.14. The van der Waals surface area contributed by atoms with Crippen LogP contribution in [0.5, 0.6) is 0 Å². The van der Waals surface area contributed by atoms with Crippen LogP contribution in [0.2, 0.25) is 0 Å². The van der Waals surface area contributed by atoms with E-state index in [1.54, 1.807) is 42.6 Å². The summed E-state index contributed by atoms with van der Waals surface area (Å²) < 4.78 is 27.0. The van der Waals surface area contributed by atoms with Crippen molar-refractivity contribution in [1.29, 1.82) is 0 Å². The second-order valence-electron chi connectivity index (χ2n) is 10.6. The maximum absolute atomic E-state index is 14.4. The maximum atomic E-state index is 14.4. The van der Waals surface area contributed by atoms with Crippen molar-refractivity contribution in [3.63, 3.8) is 0 Å². The van der Waals surface area contributed by atoms with Crippen LogP contribution in [0.15, 0.2) is 103 Å². The van der Waals surface area contributed by atoms with E-state index in [1.165, 1.54) is 59.6 Å². The number of allylic oxidation sites excluding steroid dienone is 5. The number of nitrogens with one attached hydrogen (secondary N) is 2. The van der Waals surface area contributed by atoms with Gasteiger partial charge in [0.2, 0.25) is 0 Å². The number of hydrogen-bond acceptors (Lipinski definition) is 11. The van der Waals surface area contributed by atoms with Gasteiger partial charge in [0.25, 0.3) is 5.91 Å². The zero-order chi connectivity index (χ0) is 39.5. The van der Waals surface area contributed by atoms with Gasteiger partial charge in [0.15, 0.2) is 6.29 Å². The Kier molecular flexibility index (Phi) is 16.7. The molecule has 0 bridgehead atoms. The molecule has 280 valence electrons. The van der Waals surface area contributed by atoms with Crippen molar-refractivity contribution in [3.05, 3.63) is 132 Å². The molecule has 0 fully saturated rings. The summed E-state index contributed by atoms with van der Waals surface area (Å²) in [6.45, 7) is 0. The molecule has 4 aromatic rings. The van der Waals surface area contributed by atoms with Crippen molar-refractivity contribution in [2.75, 3.05) is 24.9 Å². The van der Waals surface area contributed by atoms with E-state index in [9.17, 15) is 38.2 Å². The Morgan fingerprint density at radius 3 is 1.89 bits per heavy atom. The zero-order valence-corrected chi connectivity index (χ0v) is 28.7. The summed E-state index contributed by atoms with van der Waals surface area (Å²) >= 11 is 0. The number of alkyl halides is 1. The number of nitrogens with zero attached hydrogens (tertiary/aromatic N) is 4. The first-order valence-electron chi connectivity index (χ1n) is 15.4. The number of benzene rings is 2. The lowest BCUT2D eigenvalue weighted by Gasteiger charge is -2.12. The third-order valence-corrected chi connectivity index (χ3v) is 7.04. The van der Waals surface area contributed by atoms with Gasteiger partial charge >= 0.3 is 11.9 Å². The molecule has 0 saturated carbocycles. The highest BCUT2D eigenvalue weighted by Crippen LogP contribution is 2.24. The normalized spacial score (nSPS) is 11.7. The molecule has 2 heterocycles. The number of carbonyl (C=O) groups excluding carboxylic acids is 2. The average Bonchev–Trinajstić information content (AvgIpc) is 3.90. The van der Waals surface area contributed by atoms with Crippen molar-refractivity contribution in [3.8, 4) is 0 Å². The van der Waals surface area contributed by atoms with Crippen molar-refractivity contribution in [2.45, 2.75) is 19.3 Å². The van der Waals surface area contributed by atoms with E-state index in [0.717, 1.165) is 6.07 Å². The van der Waals surface area contributed by atoms with Crippen LogP contribution in [0, 0.1) is 5.82 Å². The van der Waals surface area contributed by atoms with Crippen molar-refractivity contribution < 1.29 is 38.2 Å². The molecule has 53 heavy (non-hydrogen) atoms. The Morgan fingerprint density at radius 1 is 0.811 bits per heavy atom. The smallest absolute Gasteiger partial charge is 0.337 e. The minimum Gasteiger partial charge on any atom is -0.478 e. The number of aromatic nitrogens is 4. The minimum atomic E-state index is -1.25. The van der Waals surface area contributed by atoms with E-state index in [2.05, 4.69) is 20.6 Å². The molecule has 0 aliphatic carbocycles. The van der Waals surface area contributed by atoms with E-state index in [4.69, 9.17) is 22.9 Å². The molecule has 2 aromatic heterocycles. The number of rotatable bonds is 14. The van der Waals surface area contributed by atoms with E-state index >= 15 is 0 Å². The number of carboxylic acid groups (broad SMARTS) is 2. The quantitative estimate of drug-likeness (QED) is 0.0526. The second-order valence-corrected chi connectivity index (χ2v) is 10.6. The van der Waals surface area contributed by atoms with Gasteiger partial charge in [-0.3, -0.25) is 23.1 Å². The van der Waals surface area contributed by atoms with Crippen LogP contribution in [0.3, 0.4) is 0 Å². The third kappa shape index (κ3) is 12.9. The molecule has 0 spiro atoms. The molecule has 16 nitrogen and oxygen atoms in total. The summed E-state index contributed by atoms with van der Waals surface area (Å²) in [6, 6.07) is 6.97. The van der Waals surface area contributed by atoms with Gasteiger partial charge in [-0.15, -0.1) is 0 Å². The van der Waals surface area contributed by atoms with Gasteiger partial charge in [-0.25, -0.2) is 23.9 Å². The fourth-order valence-corrected chi connectivity index (χ4v) is 4.37. The van der Waals surface area contributed by atoms with Crippen LogP contribution in [0.4, 0.5) is 20.2 Å². The largest absolute Gasteiger partial charge is 0.478 e. The monoisotopic (exact) mass is 734 g/mol. The predicted molar refractivity (Wildman–Crippen MR) is 196 cm³/mol. The lowest BCUT2D eigenvalue weighted by molar-refractivity contribution is -0.113. The van der Waals surface area contributed by atoms with Gasteiger partial charge in [0.05, 0.1) is 35.4 Å². The number of anilines is 2. The summed E-state index contributed by atoms with van der Waals surface area (Å²) in [5.41, 5.74) is 23.5.